The molecule has 38 valence electrons. The Hall–Kier alpha value is 0.610. The summed E-state index contributed by atoms with van der Waals surface area (Å²) >= 11 is -1.30. The molecule has 0 aromatic heterocycles. The van der Waals surface area contributed by atoms with E-state index in [2.05, 4.69) is 0 Å². The van der Waals surface area contributed by atoms with E-state index in [9.17, 15) is 5.21 Å². The van der Waals surface area contributed by atoms with E-state index < -0.39 is 20.1 Å². The molecule has 1 rings (SSSR count). The first kappa shape index (κ1) is 4.76. The van der Waals surface area contributed by atoms with Crippen LogP contribution in [0.25, 0.3) is 0 Å². The molecule has 3 nitrogen and oxygen atoms in total. The third kappa shape index (κ3) is 1.04. The Morgan fingerprint density at radius 1 is 1.67 bits per heavy atom. The van der Waals surface area contributed by atoms with Crippen molar-refractivity contribution in [2.24, 2.45) is 0 Å². The van der Waals surface area contributed by atoms with Gasteiger partial charge in [-0.2, -0.15) is 0 Å². The van der Waals surface area contributed by atoms with E-state index in [1.165, 1.54) is 0 Å². The van der Waals surface area contributed by atoms with Gasteiger partial charge < -0.3 is 0 Å². The SMILES string of the molecule is [O-]N(O)I1CC1. The molecule has 0 aliphatic carbocycles. The topological polar surface area (TPSA) is 46.5 Å². The molecule has 0 atom stereocenters. The minimum atomic E-state index is -1.30. The molecule has 1 fully saturated rings. The van der Waals surface area contributed by atoms with Crippen LogP contribution < -0.4 is 0 Å². The fraction of sp³-hybridized carbons (Fsp3) is 1.00. The van der Waals surface area contributed by atoms with Gasteiger partial charge in [0.05, 0.1) is 0 Å². The molecule has 1 heterocycles. The van der Waals surface area contributed by atoms with Gasteiger partial charge in [-0.15, -0.1) is 0 Å². The van der Waals surface area contributed by atoms with Gasteiger partial charge in [-0.25, -0.2) is 0 Å². The van der Waals surface area contributed by atoms with Crippen molar-refractivity contribution in [3.63, 3.8) is 0 Å². The van der Waals surface area contributed by atoms with Crippen molar-refractivity contribution in [2.45, 2.75) is 0 Å². The zero-order chi connectivity index (χ0) is 4.57. The van der Waals surface area contributed by atoms with Crippen LogP contribution in [0.2, 0.25) is 0 Å². The van der Waals surface area contributed by atoms with E-state index >= 15 is 0 Å². The van der Waals surface area contributed by atoms with E-state index in [1.807, 2.05) is 0 Å². The molecule has 1 aliphatic heterocycles. The average Bonchev–Trinajstić information content (AvgIpc) is 2.06. The Kier molecular flexibility index (Phi) is 1.28. The van der Waals surface area contributed by atoms with Crippen molar-refractivity contribution in [2.75, 3.05) is 8.86 Å². The van der Waals surface area contributed by atoms with Gasteiger partial charge in [-0.3, -0.25) is 0 Å². The van der Waals surface area contributed by atoms with Gasteiger partial charge in [-0.1, -0.05) is 0 Å². The summed E-state index contributed by atoms with van der Waals surface area (Å²) in [6, 6.07) is 0. The van der Waals surface area contributed by atoms with Gasteiger partial charge in [0.1, 0.15) is 0 Å². The molecule has 1 saturated heterocycles. The average molecular weight is 202 g/mol. The van der Waals surface area contributed by atoms with Gasteiger partial charge >= 0.3 is 42.8 Å². The Morgan fingerprint density at radius 2 is 2.17 bits per heavy atom. The molecule has 1 N–H and O–H groups in total. The van der Waals surface area contributed by atoms with E-state index in [-0.39, 0.29) is 3.44 Å². The molecular weight excluding hydrogens is 197 g/mol. The molecular formula is C2H5INO2-. The molecule has 1 aliphatic rings. The van der Waals surface area contributed by atoms with Crippen molar-refractivity contribution in [1.29, 1.82) is 0 Å². The van der Waals surface area contributed by atoms with Gasteiger partial charge in [-0.05, 0) is 0 Å². The second-order valence-corrected chi connectivity index (χ2v) is 6.46. The third-order valence-electron chi connectivity index (χ3n) is 0.563. The summed E-state index contributed by atoms with van der Waals surface area (Å²) in [6.07, 6.45) is 0. The molecule has 0 aromatic rings. The normalized spacial score (nSPS) is 25.5. The number of nitrogens with zero attached hydrogens (tertiary/aromatic N) is 1. The van der Waals surface area contributed by atoms with Crippen LogP contribution >= 0.6 is 20.1 Å². The van der Waals surface area contributed by atoms with Crippen LogP contribution in [-0.2, 0) is 0 Å². The molecule has 0 amide bonds. The van der Waals surface area contributed by atoms with Crippen molar-refractivity contribution < 1.29 is 5.21 Å². The predicted molar refractivity (Wildman–Crippen MR) is 30.7 cm³/mol. The van der Waals surface area contributed by atoms with Crippen LogP contribution in [0.1, 0.15) is 0 Å². The monoisotopic (exact) mass is 202 g/mol. The first-order chi connectivity index (χ1) is 2.80. The van der Waals surface area contributed by atoms with Gasteiger partial charge in [0.25, 0.3) is 0 Å². The summed E-state index contributed by atoms with van der Waals surface area (Å²) in [7, 11) is 0. The molecule has 0 aromatic carbocycles. The number of halogens is 1. The quantitative estimate of drug-likeness (QED) is 0.293. The second-order valence-electron chi connectivity index (χ2n) is 1.03. The van der Waals surface area contributed by atoms with E-state index in [4.69, 9.17) is 5.21 Å². The summed E-state index contributed by atoms with van der Waals surface area (Å²) in [6.45, 7) is 0. The zero-order valence-corrected chi connectivity index (χ0v) is 5.25. The Balaban J connectivity index is 2.13. The van der Waals surface area contributed by atoms with Crippen LogP contribution in [-0.4, -0.2) is 17.5 Å². The molecule has 0 bridgehead atoms. The standard InChI is InChI=1S/C2H5INO2/c5-4(6)3-1-2-3/h5H,1-2H2/q-1. The predicted octanol–water partition coefficient (Wildman–Crippen LogP) is 0.610. The molecule has 6 heavy (non-hydrogen) atoms. The van der Waals surface area contributed by atoms with E-state index in [0.717, 1.165) is 8.86 Å². The first-order valence-corrected chi connectivity index (χ1v) is 5.60. The number of alkyl halides is 2. The van der Waals surface area contributed by atoms with Gasteiger partial charge in [0, 0.05) is 0 Å². The third-order valence-corrected chi connectivity index (χ3v) is 3.77. The van der Waals surface area contributed by atoms with Crippen molar-refractivity contribution in [1.82, 2.24) is 3.44 Å². The van der Waals surface area contributed by atoms with Crippen LogP contribution in [0.5, 0.6) is 0 Å². The van der Waals surface area contributed by atoms with Gasteiger partial charge in [0.2, 0.25) is 0 Å². The number of rotatable bonds is 1. The Morgan fingerprint density at radius 3 is 2.17 bits per heavy atom. The Bertz CT molecular complexity index is 53.5. The van der Waals surface area contributed by atoms with Crippen LogP contribution in [0.4, 0.5) is 0 Å². The minimum absolute atomic E-state index is 0.184. The first-order valence-electron chi connectivity index (χ1n) is 1.59. The molecule has 0 unspecified atom stereocenters. The second kappa shape index (κ2) is 1.61. The van der Waals surface area contributed by atoms with Crippen LogP contribution in [0.15, 0.2) is 0 Å². The summed E-state index contributed by atoms with van der Waals surface area (Å²) < 4.78 is 2.22. The van der Waals surface area contributed by atoms with Crippen molar-refractivity contribution in [3.8, 4) is 0 Å². The molecule has 0 radical (unpaired) electrons. The van der Waals surface area contributed by atoms with Crippen LogP contribution in [0.3, 0.4) is 0 Å². The molecule has 0 spiro atoms. The van der Waals surface area contributed by atoms with Crippen molar-refractivity contribution >= 4 is 20.1 Å². The van der Waals surface area contributed by atoms with E-state index in [1.54, 1.807) is 0 Å². The Labute approximate surface area is 43.2 Å². The summed E-state index contributed by atoms with van der Waals surface area (Å²) in [5.41, 5.74) is 0. The summed E-state index contributed by atoms with van der Waals surface area (Å²) in [5.74, 6) is 0. The molecule has 0 saturated carbocycles. The summed E-state index contributed by atoms with van der Waals surface area (Å²) in [5, 5.41) is 17.8. The maximum absolute atomic E-state index is 9.75. The zero-order valence-electron chi connectivity index (χ0n) is 3.09. The van der Waals surface area contributed by atoms with Crippen molar-refractivity contribution in [3.05, 3.63) is 5.21 Å². The van der Waals surface area contributed by atoms with Gasteiger partial charge in [0.15, 0.2) is 0 Å². The van der Waals surface area contributed by atoms with Crippen LogP contribution in [0, 0.1) is 5.21 Å². The number of hydrogen-bond donors (Lipinski definition) is 1. The fourth-order valence-electron chi connectivity index (χ4n) is 0.177. The number of hydrogen-bond acceptors (Lipinski definition) is 3. The fourth-order valence-corrected chi connectivity index (χ4v) is 2.41. The van der Waals surface area contributed by atoms with E-state index in [0.29, 0.717) is 0 Å². The summed E-state index contributed by atoms with van der Waals surface area (Å²) in [4.78, 5) is 0. The maximum atomic E-state index is 9.75. The molecule has 4 heteroatoms.